The Kier molecular flexibility index (Phi) is 3.50. The number of methoxy groups -OCH3 is 1. The van der Waals surface area contributed by atoms with Crippen molar-refractivity contribution in [1.82, 2.24) is 4.98 Å². The largest absolute Gasteiger partial charge is 0.438 e. The quantitative estimate of drug-likeness (QED) is 0.790. The summed E-state index contributed by atoms with van der Waals surface area (Å²) in [6, 6.07) is 13.7. The highest BCUT2D eigenvalue weighted by Gasteiger charge is 2.07. The Bertz CT molecular complexity index is 716. The van der Waals surface area contributed by atoms with Gasteiger partial charge in [-0.05, 0) is 28.8 Å². The number of aromatic nitrogens is 1. The highest BCUT2D eigenvalue weighted by Crippen LogP contribution is 2.25. The fourth-order valence-electron chi connectivity index (χ4n) is 2.14. The van der Waals surface area contributed by atoms with E-state index in [9.17, 15) is 0 Å². The Morgan fingerprint density at radius 1 is 1.10 bits per heavy atom. The summed E-state index contributed by atoms with van der Waals surface area (Å²) in [5.41, 5.74) is 4.63. The number of aliphatic hydroxyl groups is 1. The molecule has 4 heteroatoms. The number of nitrogens with zero attached hydrogens (tertiary/aromatic N) is 1. The van der Waals surface area contributed by atoms with Crippen molar-refractivity contribution >= 4 is 11.1 Å². The van der Waals surface area contributed by atoms with Gasteiger partial charge in [0.1, 0.15) is 12.1 Å². The van der Waals surface area contributed by atoms with Gasteiger partial charge in [0.25, 0.3) is 0 Å². The van der Waals surface area contributed by atoms with Gasteiger partial charge in [-0.15, -0.1) is 0 Å². The van der Waals surface area contributed by atoms with Crippen LogP contribution >= 0.6 is 0 Å². The lowest BCUT2D eigenvalue weighted by Crippen LogP contribution is -1.85. The normalized spacial score (nSPS) is 11.1. The van der Waals surface area contributed by atoms with Gasteiger partial charge in [-0.1, -0.05) is 30.3 Å². The van der Waals surface area contributed by atoms with E-state index in [2.05, 4.69) is 4.98 Å². The van der Waals surface area contributed by atoms with E-state index < -0.39 is 0 Å². The van der Waals surface area contributed by atoms with Crippen LogP contribution in [0.4, 0.5) is 0 Å². The van der Waals surface area contributed by atoms with Crippen LogP contribution in [-0.2, 0) is 18.0 Å². The average molecular weight is 269 g/mol. The monoisotopic (exact) mass is 269 g/mol. The first-order valence-corrected chi connectivity index (χ1v) is 6.39. The van der Waals surface area contributed by atoms with Crippen molar-refractivity contribution in [3.05, 3.63) is 53.9 Å². The van der Waals surface area contributed by atoms with Gasteiger partial charge in [-0.2, -0.15) is 0 Å². The topological polar surface area (TPSA) is 55.5 Å². The molecule has 4 nitrogen and oxygen atoms in total. The highest BCUT2D eigenvalue weighted by molar-refractivity contribution is 5.80. The van der Waals surface area contributed by atoms with Crippen molar-refractivity contribution in [3.8, 4) is 11.1 Å². The second kappa shape index (κ2) is 5.45. The molecule has 0 saturated carbocycles. The second-order valence-electron chi connectivity index (χ2n) is 4.58. The standard InChI is InChI=1S/C16H15NO3/c1-19-10-16-17-14-8-13(6-7-15(14)20-16)12-4-2-11(9-18)3-5-12/h2-8,18H,9-10H2,1H3. The van der Waals surface area contributed by atoms with E-state index in [0.29, 0.717) is 12.5 Å². The van der Waals surface area contributed by atoms with E-state index in [1.165, 1.54) is 0 Å². The molecule has 0 saturated heterocycles. The summed E-state index contributed by atoms with van der Waals surface area (Å²) in [6.45, 7) is 0.429. The molecule has 20 heavy (non-hydrogen) atoms. The predicted molar refractivity (Wildman–Crippen MR) is 76.1 cm³/mol. The molecule has 0 aliphatic carbocycles. The third-order valence-corrected chi connectivity index (χ3v) is 3.17. The van der Waals surface area contributed by atoms with E-state index in [-0.39, 0.29) is 6.61 Å². The minimum absolute atomic E-state index is 0.0585. The molecular formula is C16H15NO3. The first kappa shape index (κ1) is 12.8. The molecule has 3 aromatic rings. The van der Waals surface area contributed by atoms with Crippen molar-refractivity contribution in [3.63, 3.8) is 0 Å². The van der Waals surface area contributed by atoms with Crippen LogP contribution in [0.25, 0.3) is 22.2 Å². The van der Waals surface area contributed by atoms with Crippen LogP contribution in [0.3, 0.4) is 0 Å². The lowest BCUT2D eigenvalue weighted by Gasteiger charge is -2.02. The molecule has 0 amide bonds. The molecule has 1 N–H and O–H groups in total. The minimum Gasteiger partial charge on any atom is -0.438 e. The number of aliphatic hydroxyl groups excluding tert-OH is 1. The molecule has 3 rings (SSSR count). The van der Waals surface area contributed by atoms with Gasteiger partial charge < -0.3 is 14.3 Å². The third kappa shape index (κ3) is 2.43. The van der Waals surface area contributed by atoms with E-state index in [0.717, 1.165) is 27.8 Å². The SMILES string of the molecule is COCc1nc2cc(-c3ccc(CO)cc3)ccc2o1. The van der Waals surface area contributed by atoms with E-state index in [4.69, 9.17) is 14.3 Å². The lowest BCUT2D eigenvalue weighted by atomic mass is 10.0. The summed E-state index contributed by atoms with van der Waals surface area (Å²) in [6.07, 6.45) is 0. The molecule has 102 valence electrons. The number of oxazole rings is 1. The van der Waals surface area contributed by atoms with Gasteiger partial charge in [-0.3, -0.25) is 0 Å². The van der Waals surface area contributed by atoms with Crippen LogP contribution in [0.15, 0.2) is 46.9 Å². The smallest absolute Gasteiger partial charge is 0.221 e. The number of hydrogen-bond donors (Lipinski definition) is 1. The minimum atomic E-state index is 0.0585. The fourth-order valence-corrected chi connectivity index (χ4v) is 2.14. The molecule has 0 atom stereocenters. The molecule has 0 aliphatic rings. The van der Waals surface area contributed by atoms with E-state index in [1.807, 2.05) is 42.5 Å². The van der Waals surface area contributed by atoms with Crippen LogP contribution in [0, 0.1) is 0 Å². The predicted octanol–water partition coefficient (Wildman–Crippen LogP) is 3.13. The highest BCUT2D eigenvalue weighted by atomic mass is 16.5. The molecule has 0 fully saturated rings. The molecule has 0 radical (unpaired) electrons. The molecule has 0 unspecified atom stereocenters. The Labute approximate surface area is 116 Å². The van der Waals surface area contributed by atoms with Gasteiger partial charge in [0.2, 0.25) is 5.89 Å². The van der Waals surface area contributed by atoms with Crippen molar-refractivity contribution in [2.24, 2.45) is 0 Å². The summed E-state index contributed by atoms with van der Waals surface area (Å²) >= 11 is 0. The zero-order chi connectivity index (χ0) is 13.9. The molecule has 1 heterocycles. The first-order chi connectivity index (χ1) is 9.80. The summed E-state index contributed by atoms with van der Waals surface area (Å²) in [5.74, 6) is 0.579. The lowest BCUT2D eigenvalue weighted by molar-refractivity contribution is 0.161. The maximum atomic E-state index is 9.06. The van der Waals surface area contributed by atoms with Crippen LogP contribution < -0.4 is 0 Å². The van der Waals surface area contributed by atoms with Crippen molar-refractivity contribution < 1.29 is 14.3 Å². The zero-order valence-electron chi connectivity index (χ0n) is 11.2. The van der Waals surface area contributed by atoms with Crippen LogP contribution in [0.1, 0.15) is 11.5 Å². The average Bonchev–Trinajstić information content (AvgIpc) is 2.89. The molecule has 0 spiro atoms. The maximum absolute atomic E-state index is 9.06. The Morgan fingerprint density at radius 2 is 1.85 bits per heavy atom. The fraction of sp³-hybridized carbons (Fsp3) is 0.188. The molecule has 0 bridgehead atoms. The molecule has 1 aromatic heterocycles. The Morgan fingerprint density at radius 3 is 2.55 bits per heavy atom. The summed E-state index contributed by atoms with van der Waals surface area (Å²) in [7, 11) is 1.61. The maximum Gasteiger partial charge on any atom is 0.221 e. The summed E-state index contributed by atoms with van der Waals surface area (Å²) < 4.78 is 10.6. The number of rotatable bonds is 4. The van der Waals surface area contributed by atoms with Crippen molar-refractivity contribution in [2.75, 3.05) is 7.11 Å². The van der Waals surface area contributed by atoms with Gasteiger partial charge in [0, 0.05) is 7.11 Å². The third-order valence-electron chi connectivity index (χ3n) is 3.17. The number of fused-ring (bicyclic) bond motifs is 1. The van der Waals surface area contributed by atoms with Gasteiger partial charge in [0.05, 0.1) is 6.61 Å². The van der Waals surface area contributed by atoms with Gasteiger partial charge in [-0.25, -0.2) is 4.98 Å². The number of ether oxygens (including phenoxy) is 1. The molecular weight excluding hydrogens is 254 g/mol. The second-order valence-corrected chi connectivity index (χ2v) is 4.58. The summed E-state index contributed by atoms with van der Waals surface area (Å²) in [4.78, 5) is 4.39. The van der Waals surface area contributed by atoms with Crippen LogP contribution in [0.5, 0.6) is 0 Å². The Hall–Kier alpha value is -2.17. The van der Waals surface area contributed by atoms with Crippen molar-refractivity contribution in [2.45, 2.75) is 13.2 Å². The molecule has 2 aromatic carbocycles. The van der Waals surface area contributed by atoms with Crippen LogP contribution in [0.2, 0.25) is 0 Å². The number of hydrogen-bond acceptors (Lipinski definition) is 4. The first-order valence-electron chi connectivity index (χ1n) is 6.39. The molecule has 0 aliphatic heterocycles. The van der Waals surface area contributed by atoms with Gasteiger partial charge in [0.15, 0.2) is 5.58 Å². The van der Waals surface area contributed by atoms with Crippen molar-refractivity contribution in [1.29, 1.82) is 0 Å². The van der Waals surface area contributed by atoms with Gasteiger partial charge >= 0.3 is 0 Å². The Balaban J connectivity index is 1.98. The zero-order valence-corrected chi connectivity index (χ0v) is 11.2. The van der Waals surface area contributed by atoms with Crippen LogP contribution in [-0.4, -0.2) is 17.2 Å². The number of benzene rings is 2. The van der Waals surface area contributed by atoms with E-state index in [1.54, 1.807) is 7.11 Å². The van der Waals surface area contributed by atoms with E-state index >= 15 is 0 Å². The summed E-state index contributed by atoms with van der Waals surface area (Å²) in [5, 5.41) is 9.06.